The first-order valence-corrected chi connectivity index (χ1v) is 8.79. The largest absolute Gasteiger partial charge is 0.357 e. The zero-order valence-electron chi connectivity index (χ0n) is 13.6. The minimum Gasteiger partial charge on any atom is -0.357 e. The first-order chi connectivity index (χ1) is 10.8. The lowest BCUT2D eigenvalue weighted by Crippen LogP contribution is -2.42. The Morgan fingerprint density at radius 2 is 1.77 bits per heavy atom. The maximum Gasteiger partial charge on any atom is 0.272 e. The van der Waals surface area contributed by atoms with Crippen LogP contribution in [-0.4, -0.2) is 41.5 Å². The van der Waals surface area contributed by atoms with Crippen LogP contribution in [0.25, 0.3) is 0 Å². The average Bonchev–Trinajstić information content (AvgIpc) is 2.84. The molecule has 2 fully saturated rings. The molecule has 1 aromatic rings. The van der Waals surface area contributed by atoms with Gasteiger partial charge in [0.25, 0.3) is 5.91 Å². The molecule has 0 N–H and O–H groups in total. The van der Waals surface area contributed by atoms with Crippen LogP contribution in [0.15, 0.2) is 18.2 Å². The van der Waals surface area contributed by atoms with Crippen LogP contribution < -0.4 is 4.90 Å². The van der Waals surface area contributed by atoms with E-state index in [9.17, 15) is 4.79 Å². The molecule has 0 aliphatic carbocycles. The monoisotopic (exact) mass is 301 g/mol. The van der Waals surface area contributed by atoms with E-state index in [1.165, 1.54) is 32.1 Å². The number of aromatic nitrogens is 1. The van der Waals surface area contributed by atoms with Crippen LogP contribution in [-0.2, 0) is 0 Å². The highest BCUT2D eigenvalue weighted by Gasteiger charge is 2.25. The summed E-state index contributed by atoms with van der Waals surface area (Å²) in [6.45, 7) is 5.14. The molecular formula is C18H27N3O. The summed E-state index contributed by atoms with van der Waals surface area (Å²) in [5, 5.41) is 0. The van der Waals surface area contributed by atoms with E-state index in [0.29, 0.717) is 11.7 Å². The molecule has 1 amide bonds. The van der Waals surface area contributed by atoms with Crippen molar-refractivity contribution in [2.75, 3.05) is 24.5 Å². The molecule has 3 rings (SSSR count). The fourth-order valence-electron chi connectivity index (χ4n) is 3.57. The summed E-state index contributed by atoms with van der Waals surface area (Å²) in [7, 11) is 0. The molecule has 120 valence electrons. The van der Waals surface area contributed by atoms with E-state index >= 15 is 0 Å². The van der Waals surface area contributed by atoms with Crippen LogP contribution in [0, 0.1) is 0 Å². The zero-order valence-corrected chi connectivity index (χ0v) is 13.6. The molecule has 4 nitrogen and oxygen atoms in total. The number of amides is 1. The second-order valence-corrected chi connectivity index (χ2v) is 6.63. The number of hydrogen-bond donors (Lipinski definition) is 0. The van der Waals surface area contributed by atoms with Crippen LogP contribution >= 0.6 is 0 Å². The number of carbonyl (C=O) groups excluding carboxylic acids is 1. The molecule has 0 aromatic carbocycles. The predicted molar refractivity (Wildman–Crippen MR) is 89.3 cm³/mol. The molecule has 1 aromatic heterocycles. The standard InChI is InChI=1S/C18H27N3O/c1-15-9-4-7-14-21(15)18(22)16-10-8-11-17(19-16)20-12-5-2-3-6-13-20/h8,10-11,15H,2-7,9,12-14H2,1H3. The first-order valence-electron chi connectivity index (χ1n) is 8.79. The third kappa shape index (κ3) is 3.42. The fraction of sp³-hybridized carbons (Fsp3) is 0.667. The van der Waals surface area contributed by atoms with Gasteiger partial charge in [0.1, 0.15) is 11.5 Å². The van der Waals surface area contributed by atoms with Gasteiger partial charge in [-0.3, -0.25) is 4.79 Å². The Hall–Kier alpha value is -1.58. The van der Waals surface area contributed by atoms with Gasteiger partial charge in [0.05, 0.1) is 0 Å². The van der Waals surface area contributed by atoms with Crippen molar-refractivity contribution in [3.8, 4) is 0 Å². The summed E-state index contributed by atoms with van der Waals surface area (Å²) in [6, 6.07) is 6.23. The number of rotatable bonds is 2. The van der Waals surface area contributed by atoms with Crippen LogP contribution in [0.5, 0.6) is 0 Å². The summed E-state index contributed by atoms with van der Waals surface area (Å²) >= 11 is 0. The van der Waals surface area contributed by atoms with E-state index < -0.39 is 0 Å². The van der Waals surface area contributed by atoms with Crippen molar-refractivity contribution in [1.82, 2.24) is 9.88 Å². The van der Waals surface area contributed by atoms with Crippen LogP contribution in [0.1, 0.15) is 62.4 Å². The summed E-state index contributed by atoms with van der Waals surface area (Å²) in [6.07, 6.45) is 8.51. The minimum atomic E-state index is 0.101. The van der Waals surface area contributed by atoms with Crippen molar-refractivity contribution < 1.29 is 4.79 Å². The highest BCUT2D eigenvalue weighted by atomic mass is 16.2. The smallest absolute Gasteiger partial charge is 0.272 e. The maximum atomic E-state index is 12.8. The molecule has 1 atom stereocenters. The summed E-state index contributed by atoms with van der Waals surface area (Å²) in [4.78, 5) is 21.8. The number of piperidine rings is 1. The highest BCUT2D eigenvalue weighted by molar-refractivity contribution is 5.93. The number of carbonyl (C=O) groups is 1. The Morgan fingerprint density at radius 3 is 2.50 bits per heavy atom. The molecule has 0 bridgehead atoms. The van der Waals surface area contributed by atoms with E-state index in [1.807, 2.05) is 23.1 Å². The van der Waals surface area contributed by atoms with Gasteiger partial charge in [0.2, 0.25) is 0 Å². The lowest BCUT2D eigenvalue weighted by molar-refractivity contribution is 0.0629. The Labute approximate surface area is 133 Å². The van der Waals surface area contributed by atoms with Gasteiger partial charge in [0.15, 0.2) is 0 Å². The Morgan fingerprint density at radius 1 is 1.05 bits per heavy atom. The molecular weight excluding hydrogens is 274 g/mol. The van der Waals surface area contributed by atoms with Gasteiger partial charge in [-0.05, 0) is 51.2 Å². The maximum absolute atomic E-state index is 12.8. The van der Waals surface area contributed by atoms with Crippen LogP contribution in [0.3, 0.4) is 0 Å². The molecule has 1 unspecified atom stereocenters. The summed E-state index contributed by atoms with van der Waals surface area (Å²) < 4.78 is 0. The van der Waals surface area contributed by atoms with E-state index in [2.05, 4.69) is 16.8 Å². The second kappa shape index (κ2) is 7.12. The molecule has 2 aliphatic rings. The molecule has 2 saturated heterocycles. The second-order valence-electron chi connectivity index (χ2n) is 6.63. The van der Waals surface area contributed by atoms with Crippen molar-refractivity contribution in [1.29, 1.82) is 0 Å². The Kier molecular flexibility index (Phi) is 4.96. The number of hydrogen-bond acceptors (Lipinski definition) is 3. The predicted octanol–water partition coefficient (Wildman–Crippen LogP) is 3.48. The zero-order chi connectivity index (χ0) is 15.4. The van der Waals surface area contributed by atoms with Gasteiger partial charge >= 0.3 is 0 Å². The van der Waals surface area contributed by atoms with Crippen LogP contribution in [0.2, 0.25) is 0 Å². The molecule has 3 heterocycles. The van der Waals surface area contributed by atoms with Crippen molar-refractivity contribution >= 4 is 11.7 Å². The van der Waals surface area contributed by atoms with Gasteiger partial charge < -0.3 is 9.80 Å². The van der Waals surface area contributed by atoms with E-state index in [-0.39, 0.29) is 5.91 Å². The summed E-state index contributed by atoms with van der Waals surface area (Å²) in [5.41, 5.74) is 0.607. The highest BCUT2D eigenvalue weighted by Crippen LogP contribution is 2.21. The quantitative estimate of drug-likeness (QED) is 0.839. The SMILES string of the molecule is CC1CCCCN1C(=O)c1cccc(N2CCCCCC2)n1. The first kappa shape index (κ1) is 15.3. The number of anilines is 1. The third-order valence-electron chi connectivity index (χ3n) is 4.95. The summed E-state index contributed by atoms with van der Waals surface area (Å²) in [5.74, 6) is 1.07. The minimum absolute atomic E-state index is 0.101. The number of nitrogens with zero attached hydrogens (tertiary/aromatic N) is 3. The normalized spacial score (nSPS) is 23.2. The molecule has 4 heteroatoms. The lowest BCUT2D eigenvalue weighted by atomic mass is 10.0. The van der Waals surface area contributed by atoms with Crippen LogP contribution in [0.4, 0.5) is 5.82 Å². The molecule has 22 heavy (non-hydrogen) atoms. The van der Waals surface area contributed by atoms with Gasteiger partial charge in [-0.1, -0.05) is 18.9 Å². The van der Waals surface area contributed by atoms with E-state index in [1.54, 1.807) is 0 Å². The molecule has 2 aliphatic heterocycles. The number of likely N-dealkylation sites (tertiary alicyclic amines) is 1. The molecule has 0 saturated carbocycles. The number of pyridine rings is 1. The average molecular weight is 301 g/mol. The fourth-order valence-corrected chi connectivity index (χ4v) is 3.57. The van der Waals surface area contributed by atoms with Gasteiger partial charge in [0, 0.05) is 25.7 Å². The molecule has 0 radical (unpaired) electrons. The third-order valence-corrected chi connectivity index (χ3v) is 4.95. The van der Waals surface area contributed by atoms with Crippen molar-refractivity contribution in [3.05, 3.63) is 23.9 Å². The lowest BCUT2D eigenvalue weighted by Gasteiger charge is -2.33. The Balaban J connectivity index is 1.76. The molecule has 0 spiro atoms. The Bertz CT molecular complexity index is 509. The van der Waals surface area contributed by atoms with Crippen molar-refractivity contribution in [2.45, 2.75) is 57.9 Å². The topological polar surface area (TPSA) is 36.4 Å². The van der Waals surface area contributed by atoms with Gasteiger partial charge in [-0.2, -0.15) is 0 Å². The van der Waals surface area contributed by atoms with Gasteiger partial charge in [-0.25, -0.2) is 4.98 Å². The van der Waals surface area contributed by atoms with E-state index in [0.717, 1.165) is 38.3 Å². The van der Waals surface area contributed by atoms with Crippen molar-refractivity contribution in [2.24, 2.45) is 0 Å². The van der Waals surface area contributed by atoms with E-state index in [4.69, 9.17) is 0 Å². The van der Waals surface area contributed by atoms with Crippen molar-refractivity contribution in [3.63, 3.8) is 0 Å². The van der Waals surface area contributed by atoms with Gasteiger partial charge in [-0.15, -0.1) is 0 Å².